The van der Waals surface area contributed by atoms with E-state index in [0.29, 0.717) is 27.9 Å². The molecule has 0 spiro atoms. The number of hydrogen-bond acceptors (Lipinski definition) is 3. The van der Waals surface area contributed by atoms with Crippen LogP contribution in [0.15, 0.2) is 51.4 Å². The Kier molecular flexibility index (Phi) is 5.04. The molecule has 2 atom stereocenters. The van der Waals surface area contributed by atoms with Crippen LogP contribution in [0.4, 0.5) is 18.9 Å². The molecule has 156 valence electrons. The first-order chi connectivity index (χ1) is 14.1. The van der Waals surface area contributed by atoms with E-state index in [0.717, 1.165) is 10.0 Å². The molecule has 1 aliphatic carbocycles. The van der Waals surface area contributed by atoms with Gasteiger partial charge in [-0.25, -0.2) is 4.98 Å². The highest BCUT2D eigenvalue weighted by molar-refractivity contribution is 9.10. The van der Waals surface area contributed by atoms with Crippen LogP contribution in [0.2, 0.25) is 0 Å². The molecular weight excluding hydrogens is 457 g/mol. The largest absolute Gasteiger partial charge is 0.436 e. The number of anilines is 1. The minimum Gasteiger partial charge on any atom is -0.436 e. The van der Waals surface area contributed by atoms with Gasteiger partial charge in [-0.15, -0.1) is 0 Å². The first kappa shape index (κ1) is 20.7. The van der Waals surface area contributed by atoms with Gasteiger partial charge in [0.1, 0.15) is 5.35 Å². The van der Waals surface area contributed by atoms with Gasteiger partial charge in [0.25, 0.3) is 0 Å². The number of aryl methyl sites for hydroxylation is 1. The van der Waals surface area contributed by atoms with Gasteiger partial charge >= 0.3 is 6.18 Å². The number of oxazole rings is 1. The van der Waals surface area contributed by atoms with E-state index in [4.69, 9.17) is 10.2 Å². The summed E-state index contributed by atoms with van der Waals surface area (Å²) in [6.45, 7) is 2.95. The Morgan fingerprint density at radius 2 is 1.83 bits per heavy atom. The van der Waals surface area contributed by atoms with Crippen molar-refractivity contribution in [2.24, 2.45) is 5.92 Å². The van der Waals surface area contributed by atoms with Crippen LogP contribution >= 0.6 is 15.9 Å². The summed E-state index contributed by atoms with van der Waals surface area (Å²) < 4.78 is 49.9. The molecule has 1 aliphatic rings. The second-order valence-electron chi connectivity index (χ2n) is 7.76. The number of rotatable bonds is 3. The van der Waals surface area contributed by atoms with Crippen molar-refractivity contribution in [1.29, 1.82) is 0 Å². The highest BCUT2D eigenvalue weighted by atomic mass is 79.9. The SMILES string of the molecule is Cc1cc(C(C)(C2C=c3oc(-c4ccc(Br)cc4)nc3=CC2)C(F)(F)F)ccc1N. The topological polar surface area (TPSA) is 52.0 Å². The van der Waals surface area contributed by atoms with Crippen molar-refractivity contribution in [3.63, 3.8) is 0 Å². The predicted octanol–water partition coefficient (Wildman–Crippen LogP) is 5.10. The summed E-state index contributed by atoms with van der Waals surface area (Å²) in [5.41, 5.74) is 6.15. The Hall–Kier alpha value is -2.54. The summed E-state index contributed by atoms with van der Waals surface area (Å²) in [5.74, 6) is -0.448. The molecule has 3 aromatic rings. The van der Waals surface area contributed by atoms with E-state index in [1.807, 2.05) is 24.3 Å². The number of nitrogens with two attached hydrogens (primary N) is 1. The summed E-state index contributed by atoms with van der Waals surface area (Å²) in [6.07, 6.45) is -0.973. The highest BCUT2D eigenvalue weighted by Crippen LogP contribution is 2.49. The molecule has 1 heterocycles. The van der Waals surface area contributed by atoms with Crippen LogP contribution in [0, 0.1) is 12.8 Å². The molecule has 0 amide bonds. The Balaban J connectivity index is 1.81. The van der Waals surface area contributed by atoms with Crippen LogP contribution in [-0.4, -0.2) is 11.2 Å². The Morgan fingerprint density at radius 3 is 2.47 bits per heavy atom. The van der Waals surface area contributed by atoms with Crippen LogP contribution in [0.1, 0.15) is 24.5 Å². The summed E-state index contributed by atoms with van der Waals surface area (Å²) in [6, 6.07) is 11.9. The van der Waals surface area contributed by atoms with Gasteiger partial charge in [0, 0.05) is 21.6 Å². The van der Waals surface area contributed by atoms with Gasteiger partial charge in [-0.2, -0.15) is 13.2 Å². The van der Waals surface area contributed by atoms with Crippen LogP contribution < -0.4 is 16.5 Å². The summed E-state index contributed by atoms with van der Waals surface area (Å²) >= 11 is 3.38. The van der Waals surface area contributed by atoms with Crippen LogP contribution in [-0.2, 0) is 5.41 Å². The fourth-order valence-corrected chi connectivity index (χ4v) is 4.07. The van der Waals surface area contributed by atoms with Crippen LogP contribution in [0.3, 0.4) is 0 Å². The molecule has 0 radical (unpaired) electrons. The van der Waals surface area contributed by atoms with Crippen LogP contribution in [0.5, 0.6) is 0 Å². The van der Waals surface area contributed by atoms with Crippen LogP contribution in [0.25, 0.3) is 23.6 Å². The van der Waals surface area contributed by atoms with Crippen molar-refractivity contribution in [2.75, 3.05) is 5.73 Å². The lowest BCUT2D eigenvalue weighted by Gasteiger charge is -2.38. The Morgan fingerprint density at radius 1 is 1.13 bits per heavy atom. The van der Waals surface area contributed by atoms with E-state index in [-0.39, 0.29) is 12.0 Å². The quantitative estimate of drug-likeness (QED) is 0.535. The zero-order chi connectivity index (χ0) is 21.7. The normalized spacial score (nSPS) is 18.1. The third kappa shape index (κ3) is 3.45. The lowest BCUT2D eigenvalue weighted by Crippen LogP contribution is -2.47. The zero-order valence-electron chi connectivity index (χ0n) is 16.4. The molecule has 0 saturated heterocycles. The van der Waals surface area contributed by atoms with E-state index in [1.54, 1.807) is 19.1 Å². The first-order valence-electron chi connectivity index (χ1n) is 9.48. The van der Waals surface area contributed by atoms with Crippen molar-refractivity contribution >= 4 is 33.8 Å². The first-order valence-corrected chi connectivity index (χ1v) is 10.3. The van der Waals surface area contributed by atoms with E-state index in [2.05, 4.69) is 20.9 Å². The van der Waals surface area contributed by atoms with Gasteiger partial charge in [-0.3, -0.25) is 0 Å². The molecule has 0 bridgehead atoms. The van der Waals surface area contributed by atoms with Gasteiger partial charge in [-0.05, 0) is 67.8 Å². The summed E-state index contributed by atoms with van der Waals surface area (Å²) in [5, 5.41) is 0.571. The number of fused-ring (bicyclic) bond motifs is 1. The number of benzene rings is 2. The molecule has 7 heteroatoms. The standard InChI is InChI=1S/C23H20BrF3N2O/c1-13-11-15(5-9-18(13)28)22(2,23(25,26)27)16-6-10-19-20(12-16)30-21(29-19)14-3-7-17(24)8-4-14/h3-5,7-12,16H,6,28H2,1-2H3. The maximum Gasteiger partial charge on any atom is 0.398 e. The fraction of sp³-hybridized carbons (Fsp3) is 0.261. The van der Waals surface area contributed by atoms with E-state index < -0.39 is 17.5 Å². The molecule has 0 saturated carbocycles. The van der Waals surface area contributed by atoms with E-state index >= 15 is 0 Å². The molecule has 2 unspecified atom stereocenters. The second kappa shape index (κ2) is 7.30. The molecule has 1 aromatic heterocycles. The molecule has 0 fully saturated rings. The predicted molar refractivity (Wildman–Crippen MR) is 115 cm³/mol. The van der Waals surface area contributed by atoms with E-state index in [9.17, 15) is 13.2 Å². The minimum absolute atomic E-state index is 0.187. The lowest BCUT2D eigenvalue weighted by molar-refractivity contribution is -0.194. The Labute approximate surface area is 180 Å². The Bertz CT molecular complexity index is 1210. The van der Waals surface area contributed by atoms with Crippen molar-refractivity contribution in [3.05, 3.63) is 68.8 Å². The third-order valence-electron chi connectivity index (χ3n) is 5.89. The van der Waals surface area contributed by atoms with Crippen molar-refractivity contribution in [2.45, 2.75) is 31.9 Å². The average molecular weight is 477 g/mol. The number of nitrogen functional groups attached to an aromatic ring is 1. The van der Waals surface area contributed by atoms with Crippen molar-refractivity contribution in [3.8, 4) is 11.5 Å². The van der Waals surface area contributed by atoms with Gasteiger partial charge in [-0.1, -0.05) is 34.1 Å². The maximum absolute atomic E-state index is 14.4. The van der Waals surface area contributed by atoms with Crippen molar-refractivity contribution in [1.82, 2.24) is 4.98 Å². The summed E-state index contributed by atoms with van der Waals surface area (Å²) in [4.78, 5) is 4.46. The third-order valence-corrected chi connectivity index (χ3v) is 6.42. The monoisotopic (exact) mass is 476 g/mol. The fourth-order valence-electron chi connectivity index (χ4n) is 3.80. The van der Waals surface area contributed by atoms with Gasteiger partial charge in [0.2, 0.25) is 5.89 Å². The highest BCUT2D eigenvalue weighted by Gasteiger charge is 2.56. The molecule has 30 heavy (non-hydrogen) atoms. The molecule has 2 N–H and O–H groups in total. The molecule has 3 nitrogen and oxygen atoms in total. The van der Waals surface area contributed by atoms with Gasteiger partial charge in [0.15, 0.2) is 5.42 Å². The molecule has 4 rings (SSSR count). The number of aromatic nitrogens is 1. The zero-order valence-corrected chi connectivity index (χ0v) is 18.0. The van der Waals surface area contributed by atoms with Crippen molar-refractivity contribution < 1.29 is 17.6 Å². The number of halogens is 4. The lowest BCUT2D eigenvalue weighted by atomic mass is 9.68. The van der Waals surface area contributed by atoms with E-state index in [1.165, 1.54) is 25.1 Å². The average Bonchev–Trinajstić information content (AvgIpc) is 3.12. The number of alkyl halides is 3. The molecule has 2 aromatic carbocycles. The number of nitrogens with zero attached hydrogens (tertiary/aromatic N) is 1. The van der Waals surface area contributed by atoms with Gasteiger partial charge in [0.05, 0.1) is 5.41 Å². The summed E-state index contributed by atoms with van der Waals surface area (Å²) in [7, 11) is 0. The second-order valence-corrected chi connectivity index (χ2v) is 8.68. The number of hydrogen-bond donors (Lipinski definition) is 1. The van der Waals surface area contributed by atoms with Gasteiger partial charge < -0.3 is 10.2 Å². The maximum atomic E-state index is 14.4. The smallest absolute Gasteiger partial charge is 0.398 e. The molecular formula is C23H20BrF3N2O. The minimum atomic E-state index is -4.46. The molecule has 0 aliphatic heterocycles.